The van der Waals surface area contributed by atoms with Crippen molar-refractivity contribution in [1.29, 1.82) is 0 Å². The standard InChI is InChI=1S/C12H17NO4/c1-7-11(8(2)17-13-7)9(14)6-10(15)16-12(3,4)5/h6H2,1-5H3. The van der Waals surface area contributed by atoms with Gasteiger partial charge in [0.15, 0.2) is 5.78 Å². The van der Waals surface area contributed by atoms with Crippen molar-refractivity contribution in [3.8, 4) is 0 Å². The van der Waals surface area contributed by atoms with Crippen molar-refractivity contribution in [3.05, 3.63) is 17.0 Å². The average molecular weight is 239 g/mol. The first-order valence-electron chi connectivity index (χ1n) is 5.38. The van der Waals surface area contributed by atoms with Gasteiger partial charge in [0.2, 0.25) is 0 Å². The van der Waals surface area contributed by atoms with E-state index in [-0.39, 0.29) is 12.2 Å². The van der Waals surface area contributed by atoms with Gasteiger partial charge in [-0.2, -0.15) is 0 Å². The molecule has 1 aromatic rings. The van der Waals surface area contributed by atoms with Crippen LogP contribution >= 0.6 is 0 Å². The number of ketones is 1. The highest BCUT2D eigenvalue weighted by Gasteiger charge is 2.23. The third kappa shape index (κ3) is 3.69. The third-order valence-corrected chi connectivity index (χ3v) is 2.04. The summed E-state index contributed by atoms with van der Waals surface area (Å²) in [4.78, 5) is 23.3. The lowest BCUT2D eigenvalue weighted by atomic mass is 10.1. The molecule has 0 fully saturated rings. The Hall–Kier alpha value is -1.65. The van der Waals surface area contributed by atoms with E-state index < -0.39 is 11.6 Å². The van der Waals surface area contributed by atoms with Crippen molar-refractivity contribution in [2.45, 2.75) is 46.6 Å². The van der Waals surface area contributed by atoms with Crippen LogP contribution in [-0.4, -0.2) is 22.5 Å². The number of ether oxygens (including phenoxy) is 1. The highest BCUT2D eigenvalue weighted by atomic mass is 16.6. The molecule has 5 heteroatoms. The highest BCUT2D eigenvalue weighted by Crippen LogP contribution is 2.16. The molecule has 17 heavy (non-hydrogen) atoms. The molecule has 0 N–H and O–H groups in total. The number of esters is 1. The van der Waals surface area contributed by atoms with E-state index in [1.807, 2.05) is 0 Å². The predicted octanol–water partition coefficient (Wildman–Crippen LogP) is 2.21. The molecule has 0 aromatic carbocycles. The van der Waals surface area contributed by atoms with E-state index in [0.717, 1.165) is 0 Å². The number of hydrogen-bond donors (Lipinski definition) is 0. The molecule has 0 aliphatic rings. The summed E-state index contributed by atoms with van der Waals surface area (Å²) in [6.07, 6.45) is -0.292. The Labute approximate surface area is 100 Å². The predicted molar refractivity (Wildman–Crippen MR) is 60.8 cm³/mol. The molecule has 0 bridgehead atoms. The zero-order chi connectivity index (χ0) is 13.2. The van der Waals surface area contributed by atoms with E-state index in [9.17, 15) is 9.59 Å². The number of carbonyl (C=O) groups is 2. The summed E-state index contributed by atoms with van der Waals surface area (Å²) in [6.45, 7) is 8.57. The maximum Gasteiger partial charge on any atom is 0.314 e. The number of carbonyl (C=O) groups excluding carboxylic acids is 2. The minimum absolute atomic E-state index is 0.292. The van der Waals surface area contributed by atoms with Crippen molar-refractivity contribution in [2.24, 2.45) is 0 Å². The van der Waals surface area contributed by atoms with Gasteiger partial charge in [0.05, 0.1) is 11.3 Å². The van der Waals surface area contributed by atoms with Crippen LogP contribution in [0.4, 0.5) is 0 Å². The Bertz CT molecular complexity index is 420. The molecule has 0 amide bonds. The van der Waals surface area contributed by atoms with Crippen LogP contribution in [0.25, 0.3) is 0 Å². The molecule has 1 heterocycles. The normalized spacial score (nSPS) is 11.4. The summed E-state index contributed by atoms with van der Waals surface area (Å²) < 4.78 is 9.95. The van der Waals surface area contributed by atoms with Crippen molar-refractivity contribution in [1.82, 2.24) is 5.16 Å². The van der Waals surface area contributed by atoms with Crippen LogP contribution in [-0.2, 0) is 9.53 Å². The fraction of sp³-hybridized carbons (Fsp3) is 0.583. The van der Waals surface area contributed by atoms with Crippen LogP contribution in [0, 0.1) is 13.8 Å². The molecule has 0 aliphatic carbocycles. The van der Waals surface area contributed by atoms with Crippen molar-refractivity contribution in [3.63, 3.8) is 0 Å². The van der Waals surface area contributed by atoms with Gasteiger partial charge in [0, 0.05) is 0 Å². The SMILES string of the molecule is Cc1noc(C)c1C(=O)CC(=O)OC(C)(C)C. The first kappa shape index (κ1) is 13.4. The highest BCUT2D eigenvalue weighted by molar-refractivity contribution is 6.07. The van der Waals surface area contributed by atoms with Crippen LogP contribution in [0.5, 0.6) is 0 Å². The molecule has 1 rings (SSSR count). The number of aryl methyl sites for hydroxylation is 2. The van der Waals surface area contributed by atoms with Crippen LogP contribution in [0.2, 0.25) is 0 Å². The lowest BCUT2D eigenvalue weighted by molar-refractivity contribution is -0.153. The van der Waals surface area contributed by atoms with Crippen LogP contribution in [0.3, 0.4) is 0 Å². The molecule has 94 valence electrons. The molecule has 0 spiro atoms. The molecule has 0 saturated carbocycles. The first-order valence-corrected chi connectivity index (χ1v) is 5.38. The lowest BCUT2D eigenvalue weighted by Crippen LogP contribution is -2.25. The summed E-state index contributed by atoms with van der Waals surface area (Å²) in [5.41, 5.74) is 0.280. The number of hydrogen-bond acceptors (Lipinski definition) is 5. The summed E-state index contributed by atoms with van der Waals surface area (Å²) in [7, 11) is 0. The Balaban J connectivity index is 2.71. The van der Waals surface area contributed by atoms with Crippen LogP contribution < -0.4 is 0 Å². The van der Waals surface area contributed by atoms with E-state index in [1.165, 1.54) is 0 Å². The minimum Gasteiger partial charge on any atom is -0.460 e. The van der Waals surface area contributed by atoms with E-state index in [2.05, 4.69) is 5.16 Å². The van der Waals surface area contributed by atoms with Gasteiger partial charge in [-0.15, -0.1) is 0 Å². The second-order valence-corrected chi connectivity index (χ2v) is 4.89. The van der Waals surface area contributed by atoms with E-state index in [4.69, 9.17) is 9.26 Å². The summed E-state index contributed by atoms with van der Waals surface area (Å²) in [6, 6.07) is 0. The smallest absolute Gasteiger partial charge is 0.314 e. The van der Waals surface area contributed by atoms with E-state index >= 15 is 0 Å². The monoisotopic (exact) mass is 239 g/mol. The molecule has 5 nitrogen and oxygen atoms in total. The van der Waals surface area contributed by atoms with Gasteiger partial charge in [-0.05, 0) is 34.6 Å². The molecule has 0 aliphatic heterocycles. The fourth-order valence-electron chi connectivity index (χ4n) is 1.48. The number of nitrogens with zero attached hydrogens (tertiary/aromatic N) is 1. The molecule has 0 unspecified atom stereocenters. The van der Waals surface area contributed by atoms with Crippen molar-refractivity contribution < 1.29 is 18.8 Å². The van der Waals surface area contributed by atoms with Crippen molar-refractivity contribution in [2.75, 3.05) is 0 Å². The van der Waals surface area contributed by atoms with E-state index in [0.29, 0.717) is 17.0 Å². The average Bonchev–Trinajstić information content (AvgIpc) is 2.42. The molecule has 0 saturated heterocycles. The van der Waals surface area contributed by atoms with Crippen LogP contribution in [0.15, 0.2) is 4.52 Å². The van der Waals surface area contributed by atoms with Gasteiger partial charge in [0.25, 0.3) is 0 Å². The molecular formula is C12H17NO4. The third-order valence-electron chi connectivity index (χ3n) is 2.04. The van der Waals surface area contributed by atoms with Gasteiger partial charge in [-0.3, -0.25) is 9.59 Å². The number of Topliss-reactive ketones (excluding diaryl/α,β-unsaturated/α-hetero) is 1. The quantitative estimate of drug-likeness (QED) is 0.459. The molecule has 1 aromatic heterocycles. The lowest BCUT2D eigenvalue weighted by Gasteiger charge is -2.19. The molecule has 0 radical (unpaired) electrons. The zero-order valence-corrected chi connectivity index (χ0v) is 10.8. The number of aromatic nitrogens is 1. The van der Waals surface area contributed by atoms with Crippen molar-refractivity contribution >= 4 is 11.8 Å². The van der Waals surface area contributed by atoms with Crippen LogP contribution in [0.1, 0.15) is 49.0 Å². The molecular weight excluding hydrogens is 222 g/mol. The Kier molecular flexibility index (Phi) is 3.70. The largest absolute Gasteiger partial charge is 0.460 e. The number of rotatable bonds is 3. The first-order chi connectivity index (χ1) is 7.70. The van der Waals surface area contributed by atoms with Gasteiger partial charge < -0.3 is 9.26 Å². The summed E-state index contributed by atoms with van der Waals surface area (Å²) in [5, 5.41) is 3.67. The Morgan fingerprint density at radius 1 is 1.29 bits per heavy atom. The van der Waals surface area contributed by atoms with Gasteiger partial charge in [-0.25, -0.2) is 0 Å². The second kappa shape index (κ2) is 4.69. The Morgan fingerprint density at radius 2 is 1.88 bits per heavy atom. The fourth-order valence-corrected chi connectivity index (χ4v) is 1.48. The van der Waals surface area contributed by atoms with Gasteiger partial charge in [-0.1, -0.05) is 5.16 Å². The van der Waals surface area contributed by atoms with Gasteiger partial charge >= 0.3 is 5.97 Å². The Morgan fingerprint density at radius 3 is 2.29 bits per heavy atom. The minimum atomic E-state index is -0.587. The summed E-state index contributed by atoms with van der Waals surface area (Å²) >= 11 is 0. The topological polar surface area (TPSA) is 69.4 Å². The summed E-state index contributed by atoms with van der Waals surface area (Å²) in [5.74, 6) is -0.436. The van der Waals surface area contributed by atoms with Gasteiger partial charge in [0.1, 0.15) is 17.8 Å². The maximum absolute atomic E-state index is 11.8. The maximum atomic E-state index is 11.8. The molecule has 0 atom stereocenters. The second-order valence-electron chi connectivity index (χ2n) is 4.89. The zero-order valence-electron chi connectivity index (χ0n) is 10.8. The van der Waals surface area contributed by atoms with E-state index in [1.54, 1.807) is 34.6 Å².